The van der Waals surface area contributed by atoms with Crippen molar-refractivity contribution in [2.45, 2.75) is 70.8 Å². The lowest BCUT2D eigenvalue weighted by atomic mass is 9.84. The van der Waals surface area contributed by atoms with Crippen LogP contribution in [0.15, 0.2) is 11.8 Å². The maximum absolute atomic E-state index is 12.5. The Morgan fingerprint density at radius 1 is 1.32 bits per heavy atom. The van der Waals surface area contributed by atoms with Crippen molar-refractivity contribution in [2.24, 2.45) is 0 Å². The summed E-state index contributed by atoms with van der Waals surface area (Å²) in [4.78, 5) is 24.4. The molecule has 6 heteroatoms. The van der Waals surface area contributed by atoms with Gasteiger partial charge in [-0.15, -0.1) is 0 Å². The van der Waals surface area contributed by atoms with Crippen LogP contribution in [0.4, 0.5) is 0 Å². The van der Waals surface area contributed by atoms with Gasteiger partial charge in [0.1, 0.15) is 5.54 Å². The molecule has 2 atom stereocenters. The number of rotatable bonds is 6. The second-order valence-electron chi connectivity index (χ2n) is 6.46. The fourth-order valence-electron chi connectivity index (χ4n) is 2.48. The number of hydrogen-bond donors (Lipinski definition) is 1. The molecule has 2 aliphatic rings. The molecule has 2 aliphatic heterocycles. The molecule has 2 rings (SSSR count). The summed E-state index contributed by atoms with van der Waals surface area (Å²) in [7, 11) is 0. The summed E-state index contributed by atoms with van der Waals surface area (Å²) >= 11 is 0. The van der Waals surface area contributed by atoms with Gasteiger partial charge < -0.3 is 19.5 Å². The average molecular weight is 311 g/mol. The Kier molecular flexibility index (Phi) is 5.11. The molecule has 6 nitrogen and oxygen atoms in total. The van der Waals surface area contributed by atoms with Gasteiger partial charge in [-0.3, -0.25) is 0 Å². The minimum Gasteiger partial charge on any atom is -0.461 e. The molecule has 2 heterocycles. The van der Waals surface area contributed by atoms with Crippen molar-refractivity contribution >= 4 is 11.9 Å². The highest BCUT2D eigenvalue weighted by molar-refractivity contribution is 5.90. The zero-order valence-electron chi connectivity index (χ0n) is 13.7. The zero-order valence-corrected chi connectivity index (χ0v) is 13.7. The third-order valence-corrected chi connectivity index (χ3v) is 3.66. The minimum atomic E-state index is -0.812. The second kappa shape index (κ2) is 6.69. The van der Waals surface area contributed by atoms with E-state index in [-0.39, 0.29) is 30.3 Å². The lowest BCUT2D eigenvalue weighted by Gasteiger charge is -2.35. The van der Waals surface area contributed by atoms with Crippen LogP contribution in [0.1, 0.15) is 47.0 Å². The first-order chi connectivity index (χ1) is 10.3. The van der Waals surface area contributed by atoms with Gasteiger partial charge in [0.2, 0.25) is 0 Å². The lowest BCUT2D eigenvalue weighted by Crippen LogP contribution is -2.54. The van der Waals surface area contributed by atoms with E-state index in [1.165, 1.54) is 0 Å². The number of hydrogen-bond acceptors (Lipinski definition) is 6. The molecule has 1 saturated heterocycles. The third-order valence-electron chi connectivity index (χ3n) is 3.66. The highest BCUT2D eigenvalue weighted by Crippen LogP contribution is 2.32. The van der Waals surface area contributed by atoms with Crippen LogP contribution in [-0.4, -0.2) is 42.4 Å². The first-order valence-corrected chi connectivity index (χ1v) is 7.83. The summed E-state index contributed by atoms with van der Waals surface area (Å²) in [5, 5.41) is 3.10. The number of epoxide rings is 1. The summed E-state index contributed by atoms with van der Waals surface area (Å²) in [6.45, 7) is 7.93. The van der Waals surface area contributed by atoms with E-state index in [0.717, 1.165) is 0 Å². The van der Waals surface area contributed by atoms with E-state index in [1.807, 2.05) is 27.7 Å². The van der Waals surface area contributed by atoms with Gasteiger partial charge in [-0.05, 0) is 40.5 Å². The number of carbonyl (C=O) groups excluding carboxylic acids is 2. The molecular formula is C16H25NO5. The van der Waals surface area contributed by atoms with Crippen molar-refractivity contribution in [3.63, 3.8) is 0 Å². The van der Waals surface area contributed by atoms with Gasteiger partial charge in [0, 0.05) is 12.6 Å². The van der Waals surface area contributed by atoms with Crippen LogP contribution in [0.5, 0.6) is 0 Å². The average Bonchev–Trinajstić information content (AvgIpc) is 3.21. The largest absolute Gasteiger partial charge is 0.461 e. The Hall–Kier alpha value is -1.56. The van der Waals surface area contributed by atoms with Crippen LogP contribution in [0.25, 0.3) is 0 Å². The van der Waals surface area contributed by atoms with Gasteiger partial charge >= 0.3 is 11.9 Å². The lowest BCUT2D eigenvalue weighted by molar-refractivity contribution is -0.157. The van der Waals surface area contributed by atoms with Crippen LogP contribution >= 0.6 is 0 Å². The van der Waals surface area contributed by atoms with Gasteiger partial charge in [-0.25, -0.2) is 9.59 Å². The first-order valence-electron chi connectivity index (χ1n) is 7.83. The molecule has 0 aromatic heterocycles. The SMILES string of the molecule is CC(C)OC(=O)C1=CN[C@@](C[C@@H]2CO2)(C(=O)OC(C)C)CC1. The molecule has 0 amide bonds. The molecule has 0 aromatic rings. The van der Waals surface area contributed by atoms with E-state index in [2.05, 4.69) is 5.32 Å². The summed E-state index contributed by atoms with van der Waals surface area (Å²) < 4.78 is 15.8. The van der Waals surface area contributed by atoms with Crippen LogP contribution in [-0.2, 0) is 23.8 Å². The molecule has 124 valence electrons. The zero-order chi connectivity index (χ0) is 16.3. The molecule has 0 spiro atoms. The van der Waals surface area contributed by atoms with Crippen LogP contribution in [0.2, 0.25) is 0 Å². The molecule has 1 fully saturated rings. The van der Waals surface area contributed by atoms with Gasteiger partial charge in [-0.2, -0.15) is 0 Å². The number of esters is 2. The number of carbonyl (C=O) groups is 2. The Bertz CT molecular complexity index is 467. The quantitative estimate of drug-likeness (QED) is 0.594. The molecule has 1 N–H and O–H groups in total. The number of nitrogens with one attached hydrogen (secondary N) is 1. The Labute approximate surface area is 131 Å². The molecule has 0 aromatic carbocycles. The van der Waals surface area contributed by atoms with Gasteiger partial charge in [0.15, 0.2) is 0 Å². The topological polar surface area (TPSA) is 77.2 Å². The van der Waals surface area contributed by atoms with Crippen LogP contribution < -0.4 is 5.32 Å². The van der Waals surface area contributed by atoms with Crippen molar-refractivity contribution in [1.82, 2.24) is 5.32 Å². The van der Waals surface area contributed by atoms with Crippen molar-refractivity contribution < 1.29 is 23.8 Å². The fourth-order valence-corrected chi connectivity index (χ4v) is 2.48. The number of ether oxygens (including phenoxy) is 3. The molecule has 0 radical (unpaired) electrons. The van der Waals surface area contributed by atoms with E-state index in [9.17, 15) is 9.59 Å². The van der Waals surface area contributed by atoms with E-state index in [0.29, 0.717) is 31.4 Å². The standard InChI is InChI=1S/C16H25NO5/c1-10(2)21-14(18)12-5-6-16(17-8-12,7-13-9-20-13)15(19)22-11(3)4/h8,10-11,13,17H,5-7,9H2,1-4H3/t13-,16+/m1/s1. The molecule has 0 saturated carbocycles. The maximum atomic E-state index is 12.5. The summed E-state index contributed by atoms with van der Waals surface area (Å²) in [6.07, 6.45) is 2.88. The first kappa shape index (κ1) is 16.8. The maximum Gasteiger partial charge on any atom is 0.335 e. The summed E-state index contributed by atoms with van der Waals surface area (Å²) in [5.74, 6) is -0.624. The van der Waals surface area contributed by atoms with Crippen molar-refractivity contribution in [3.05, 3.63) is 11.8 Å². The second-order valence-corrected chi connectivity index (χ2v) is 6.46. The molecule has 22 heavy (non-hydrogen) atoms. The molecular weight excluding hydrogens is 286 g/mol. The Morgan fingerprint density at radius 3 is 2.41 bits per heavy atom. The minimum absolute atomic E-state index is 0.0878. The van der Waals surface area contributed by atoms with Crippen molar-refractivity contribution in [3.8, 4) is 0 Å². The molecule has 0 aliphatic carbocycles. The van der Waals surface area contributed by atoms with Gasteiger partial charge in [0.05, 0.1) is 30.5 Å². The van der Waals surface area contributed by atoms with Crippen LogP contribution in [0.3, 0.4) is 0 Å². The van der Waals surface area contributed by atoms with Gasteiger partial charge in [-0.1, -0.05) is 0 Å². The highest BCUT2D eigenvalue weighted by Gasteiger charge is 2.46. The normalized spacial score (nSPS) is 27.2. The van der Waals surface area contributed by atoms with E-state index in [4.69, 9.17) is 14.2 Å². The Balaban J connectivity index is 2.07. The van der Waals surface area contributed by atoms with E-state index >= 15 is 0 Å². The summed E-state index contributed by atoms with van der Waals surface area (Å²) in [6, 6.07) is 0. The predicted molar refractivity (Wildman–Crippen MR) is 80.0 cm³/mol. The van der Waals surface area contributed by atoms with E-state index in [1.54, 1.807) is 6.20 Å². The van der Waals surface area contributed by atoms with E-state index < -0.39 is 5.54 Å². The monoisotopic (exact) mass is 311 g/mol. The van der Waals surface area contributed by atoms with Crippen molar-refractivity contribution in [2.75, 3.05) is 6.61 Å². The summed E-state index contributed by atoms with van der Waals surface area (Å²) in [5.41, 5.74) is -0.258. The predicted octanol–water partition coefficient (Wildman–Crippen LogP) is 1.68. The molecule has 0 bridgehead atoms. The van der Waals surface area contributed by atoms with Crippen LogP contribution in [0, 0.1) is 0 Å². The third kappa shape index (κ3) is 4.22. The fraction of sp³-hybridized carbons (Fsp3) is 0.750. The smallest absolute Gasteiger partial charge is 0.335 e. The van der Waals surface area contributed by atoms with Gasteiger partial charge in [0.25, 0.3) is 0 Å². The Morgan fingerprint density at radius 2 is 1.95 bits per heavy atom. The highest BCUT2D eigenvalue weighted by atomic mass is 16.6. The van der Waals surface area contributed by atoms with Crippen molar-refractivity contribution in [1.29, 1.82) is 0 Å². The molecule has 0 unspecified atom stereocenters.